The van der Waals surface area contributed by atoms with Gasteiger partial charge in [0.05, 0.1) is 0 Å². The van der Waals surface area contributed by atoms with Gasteiger partial charge in [0.15, 0.2) is 0 Å². The first-order valence-corrected chi connectivity index (χ1v) is 6.70. The quantitative estimate of drug-likeness (QED) is 0.625. The monoisotopic (exact) mass is 267 g/mol. The Bertz CT molecular complexity index is 530. The Kier molecular flexibility index (Phi) is 4.80. The van der Waals surface area contributed by atoms with E-state index in [2.05, 4.69) is 23.6 Å². The number of nitrogens with zero attached hydrogens (tertiary/aromatic N) is 1. The maximum absolute atomic E-state index is 6.01. The van der Waals surface area contributed by atoms with E-state index in [1.54, 1.807) is 0 Å². The molecule has 2 aromatic rings. The molecular weight excluding hydrogens is 246 g/mol. The summed E-state index contributed by atoms with van der Waals surface area (Å²) in [4.78, 5) is 2.27. The van der Waals surface area contributed by atoms with Crippen LogP contribution in [0.15, 0.2) is 61.2 Å². The molecule has 104 valence electrons. The van der Waals surface area contributed by atoms with Crippen LogP contribution >= 0.6 is 0 Å². The molecule has 0 aromatic heterocycles. The van der Waals surface area contributed by atoms with Gasteiger partial charge in [0, 0.05) is 31.0 Å². The highest BCUT2D eigenvalue weighted by Gasteiger charge is 2.09. The van der Waals surface area contributed by atoms with Gasteiger partial charge in [-0.1, -0.05) is 42.5 Å². The molecule has 0 heterocycles. The molecule has 0 saturated carbocycles. The van der Waals surface area contributed by atoms with E-state index in [0.717, 1.165) is 42.1 Å². The highest BCUT2D eigenvalue weighted by molar-refractivity contribution is 5.47. The number of para-hydroxylation sites is 2. The summed E-state index contributed by atoms with van der Waals surface area (Å²) >= 11 is 0. The third-order valence-corrected chi connectivity index (χ3v) is 3.29. The topological polar surface area (TPSA) is 55.3 Å². The van der Waals surface area contributed by atoms with Crippen molar-refractivity contribution in [1.29, 1.82) is 0 Å². The second-order valence-electron chi connectivity index (χ2n) is 4.86. The fraction of sp³-hybridized carbons (Fsp3) is 0.176. The summed E-state index contributed by atoms with van der Waals surface area (Å²) in [6.45, 7) is 6.19. The highest BCUT2D eigenvalue weighted by Crippen LogP contribution is 2.18. The molecule has 2 rings (SSSR count). The van der Waals surface area contributed by atoms with Gasteiger partial charge in [-0.05, 0) is 23.3 Å². The van der Waals surface area contributed by atoms with Crippen molar-refractivity contribution in [2.45, 2.75) is 13.1 Å². The highest BCUT2D eigenvalue weighted by atomic mass is 15.1. The van der Waals surface area contributed by atoms with E-state index in [-0.39, 0.29) is 0 Å². The van der Waals surface area contributed by atoms with Crippen molar-refractivity contribution in [3.8, 4) is 0 Å². The third kappa shape index (κ3) is 3.62. The van der Waals surface area contributed by atoms with Gasteiger partial charge in [0.1, 0.15) is 0 Å². The number of rotatable bonds is 6. The van der Waals surface area contributed by atoms with Crippen molar-refractivity contribution >= 4 is 11.4 Å². The Morgan fingerprint density at radius 1 is 0.850 bits per heavy atom. The van der Waals surface area contributed by atoms with Gasteiger partial charge >= 0.3 is 0 Å². The van der Waals surface area contributed by atoms with Crippen molar-refractivity contribution in [1.82, 2.24) is 4.90 Å². The molecule has 20 heavy (non-hydrogen) atoms. The summed E-state index contributed by atoms with van der Waals surface area (Å²) < 4.78 is 0. The molecule has 0 atom stereocenters. The second-order valence-corrected chi connectivity index (χ2v) is 4.86. The Hall–Kier alpha value is -2.26. The number of benzene rings is 2. The number of hydrogen-bond donors (Lipinski definition) is 2. The van der Waals surface area contributed by atoms with Crippen molar-refractivity contribution < 1.29 is 0 Å². The molecule has 0 spiro atoms. The maximum atomic E-state index is 6.01. The Morgan fingerprint density at radius 2 is 1.30 bits per heavy atom. The average Bonchev–Trinajstić information content (AvgIpc) is 2.44. The van der Waals surface area contributed by atoms with Crippen molar-refractivity contribution in [2.75, 3.05) is 18.0 Å². The van der Waals surface area contributed by atoms with Crippen LogP contribution in [0.1, 0.15) is 11.1 Å². The molecule has 3 heteroatoms. The van der Waals surface area contributed by atoms with E-state index in [0.29, 0.717) is 0 Å². The smallest absolute Gasteiger partial charge is 0.0359 e. The van der Waals surface area contributed by atoms with E-state index in [4.69, 9.17) is 11.5 Å². The van der Waals surface area contributed by atoms with Crippen LogP contribution in [0.3, 0.4) is 0 Å². The predicted molar refractivity (Wildman–Crippen MR) is 86.0 cm³/mol. The zero-order chi connectivity index (χ0) is 14.4. The Morgan fingerprint density at radius 3 is 1.70 bits per heavy atom. The fourth-order valence-electron chi connectivity index (χ4n) is 2.21. The van der Waals surface area contributed by atoms with Gasteiger partial charge in [0.2, 0.25) is 0 Å². The lowest BCUT2D eigenvalue weighted by molar-refractivity contribution is 0.287. The number of nitrogen functional groups attached to an aromatic ring is 2. The summed E-state index contributed by atoms with van der Waals surface area (Å²) in [6, 6.07) is 15.9. The van der Waals surface area contributed by atoms with E-state index in [9.17, 15) is 0 Å². The zero-order valence-electron chi connectivity index (χ0n) is 11.6. The summed E-state index contributed by atoms with van der Waals surface area (Å²) in [5.41, 5.74) is 15.9. The zero-order valence-corrected chi connectivity index (χ0v) is 11.6. The summed E-state index contributed by atoms with van der Waals surface area (Å²) in [5, 5.41) is 0. The van der Waals surface area contributed by atoms with E-state index < -0.39 is 0 Å². The standard InChI is InChI=1S/C17H21N3/c1-2-11-20(12-14-7-3-5-9-16(14)18)13-15-8-4-6-10-17(15)19/h2-10H,1,11-13,18-19H2. The Labute approximate surface area is 120 Å². The van der Waals surface area contributed by atoms with Crippen LogP contribution in [0, 0.1) is 0 Å². The van der Waals surface area contributed by atoms with Gasteiger partial charge in [0.25, 0.3) is 0 Å². The molecule has 0 fully saturated rings. The lowest BCUT2D eigenvalue weighted by Gasteiger charge is -2.22. The SMILES string of the molecule is C=CCN(Cc1ccccc1N)Cc1ccccc1N. The predicted octanol–water partition coefficient (Wildman–Crippen LogP) is 3.04. The van der Waals surface area contributed by atoms with Crippen LogP contribution in [-0.2, 0) is 13.1 Å². The van der Waals surface area contributed by atoms with Crippen molar-refractivity contribution in [2.24, 2.45) is 0 Å². The molecule has 0 unspecified atom stereocenters. The first kappa shape index (κ1) is 14.2. The minimum absolute atomic E-state index is 0.785. The molecule has 3 nitrogen and oxygen atoms in total. The maximum Gasteiger partial charge on any atom is 0.0359 e. The number of hydrogen-bond acceptors (Lipinski definition) is 3. The average molecular weight is 267 g/mol. The first-order valence-electron chi connectivity index (χ1n) is 6.70. The molecule has 0 aliphatic carbocycles. The number of anilines is 2. The second kappa shape index (κ2) is 6.78. The Balaban J connectivity index is 2.14. The van der Waals surface area contributed by atoms with Gasteiger partial charge in [-0.25, -0.2) is 0 Å². The van der Waals surface area contributed by atoms with E-state index >= 15 is 0 Å². The summed E-state index contributed by atoms with van der Waals surface area (Å²) in [6.07, 6.45) is 1.90. The minimum atomic E-state index is 0.785. The first-order chi connectivity index (χ1) is 9.70. The molecule has 2 aromatic carbocycles. The van der Waals surface area contributed by atoms with Crippen molar-refractivity contribution in [3.63, 3.8) is 0 Å². The third-order valence-electron chi connectivity index (χ3n) is 3.29. The lowest BCUT2D eigenvalue weighted by atomic mass is 10.1. The van der Waals surface area contributed by atoms with Crippen LogP contribution in [-0.4, -0.2) is 11.4 Å². The number of nitrogens with two attached hydrogens (primary N) is 2. The van der Waals surface area contributed by atoms with Crippen molar-refractivity contribution in [3.05, 3.63) is 72.3 Å². The summed E-state index contributed by atoms with van der Waals surface area (Å²) in [5.74, 6) is 0. The molecule has 0 radical (unpaired) electrons. The lowest BCUT2D eigenvalue weighted by Crippen LogP contribution is -2.23. The minimum Gasteiger partial charge on any atom is -0.398 e. The van der Waals surface area contributed by atoms with Gasteiger partial charge < -0.3 is 11.5 Å². The molecule has 0 aliphatic heterocycles. The summed E-state index contributed by atoms with van der Waals surface area (Å²) in [7, 11) is 0. The molecule has 0 aliphatic rings. The molecule has 0 saturated heterocycles. The molecular formula is C17H21N3. The van der Waals surface area contributed by atoms with E-state index in [1.807, 2.05) is 42.5 Å². The molecule has 0 amide bonds. The van der Waals surface area contributed by atoms with Crippen LogP contribution in [0.4, 0.5) is 11.4 Å². The van der Waals surface area contributed by atoms with Gasteiger partial charge in [-0.3, -0.25) is 4.90 Å². The van der Waals surface area contributed by atoms with Crippen LogP contribution in [0.25, 0.3) is 0 Å². The van der Waals surface area contributed by atoms with Gasteiger partial charge in [-0.2, -0.15) is 0 Å². The van der Waals surface area contributed by atoms with Crippen LogP contribution in [0.5, 0.6) is 0 Å². The normalized spacial score (nSPS) is 10.7. The molecule has 0 bridgehead atoms. The van der Waals surface area contributed by atoms with Crippen LogP contribution < -0.4 is 11.5 Å². The fourth-order valence-corrected chi connectivity index (χ4v) is 2.21. The molecule has 4 N–H and O–H groups in total. The van der Waals surface area contributed by atoms with E-state index in [1.165, 1.54) is 0 Å². The largest absolute Gasteiger partial charge is 0.398 e. The van der Waals surface area contributed by atoms with Crippen LogP contribution in [0.2, 0.25) is 0 Å². The van der Waals surface area contributed by atoms with Gasteiger partial charge in [-0.15, -0.1) is 6.58 Å².